The van der Waals surface area contributed by atoms with Crippen molar-refractivity contribution in [1.29, 1.82) is 0 Å². The third kappa shape index (κ3) is 4.86. The number of fused-ring (bicyclic) bond motifs is 1. The number of hydrogen-bond donors (Lipinski definition) is 2. The van der Waals surface area contributed by atoms with E-state index in [1.807, 2.05) is 26.0 Å². The van der Waals surface area contributed by atoms with Crippen LogP contribution in [-0.4, -0.2) is 18.4 Å². The molecule has 3 aromatic carbocycles. The maximum Gasteiger partial charge on any atom is 0.248 e. The highest BCUT2D eigenvalue weighted by Gasteiger charge is 2.15. The predicted octanol–water partition coefficient (Wildman–Crippen LogP) is 5.95. The minimum atomic E-state index is -0.517. The summed E-state index contributed by atoms with van der Waals surface area (Å²) in [6, 6.07) is 18.5. The summed E-state index contributed by atoms with van der Waals surface area (Å²) in [7, 11) is 0. The molecule has 6 nitrogen and oxygen atoms in total. The molecule has 0 saturated carbocycles. The number of furan rings is 1. The van der Waals surface area contributed by atoms with E-state index in [1.165, 1.54) is 11.6 Å². The van der Waals surface area contributed by atoms with Gasteiger partial charge in [-0.2, -0.15) is 0 Å². The second kappa shape index (κ2) is 9.67. The van der Waals surface area contributed by atoms with Crippen molar-refractivity contribution in [2.45, 2.75) is 20.8 Å². The standard InChI is InChI=1S/C28H26N2O4/c1-4-33-25-15-26-23(24(16-34-26)19-7-5-17(2)6-8-19)14-22(25)18(3)13-27(31)30-21-11-9-20(10-12-21)28(29)32/h5-16H,4H2,1-3H3,(H2,29,32)(H,30,31)/b18-13+. The van der Waals surface area contributed by atoms with Crippen molar-refractivity contribution in [1.82, 2.24) is 0 Å². The van der Waals surface area contributed by atoms with Crippen molar-refractivity contribution >= 4 is 34.0 Å². The van der Waals surface area contributed by atoms with E-state index < -0.39 is 5.91 Å². The molecule has 34 heavy (non-hydrogen) atoms. The number of ether oxygens (including phenoxy) is 1. The zero-order valence-electron chi connectivity index (χ0n) is 19.3. The van der Waals surface area contributed by atoms with Gasteiger partial charge in [0.15, 0.2) is 0 Å². The number of nitrogens with two attached hydrogens (primary N) is 1. The lowest BCUT2D eigenvalue weighted by Crippen LogP contribution is -2.12. The Morgan fingerprint density at radius 1 is 1.06 bits per heavy atom. The number of rotatable bonds is 7. The molecule has 1 heterocycles. The summed E-state index contributed by atoms with van der Waals surface area (Å²) in [5.74, 6) is -0.165. The number of anilines is 1. The van der Waals surface area contributed by atoms with E-state index >= 15 is 0 Å². The summed E-state index contributed by atoms with van der Waals surface area (Å²) in [5.41, 5.74) is 11.7. The Bertz CT molecular complexity index is 1380. The maximum absolute atomic E-state index is 12.7. The Labute approximate surface area is 198 Å². The van der Waals surface area contributed by atoms with Crippen LogP contribution in [0.1, 0.15) is 35.3 Å². The fraction of sp³-hybridized carbons (Fsp3) is 0.143. The normalized spacial score (nSPS) is 11.4. The third-order valence-electron chi connectivity index (χ3n) is 5.55. The first-order valence-electron chi connectivity index (χ1n) is 11.0. The summed E-state index contributed by atoms with van der Waals surface area (Å²) >= 11 is 0. The van der Waals surface area contributed by atoms with Gasteiger partial charge in [0.2, 0.25) is 11.8 Å². The number of benzene rings is 3. The maximum atomic E-state index is 12.7. The number of aryl methyl sites for hydroxylation is 1. The molecule has 4 aromatic rings. The molecular weight excluding hydrogens is 428 g/mol. The molecule has 172 valence electrons. The number of nitrogens with one attached hydrogen (secondary N) is 1. The van der Waals surface area contributed by atoms with Gasteiger partial charge >= 0.3 is 0 Å². The van der Waals surface area contributed by atoms with Gasteiger partial charge in [-0.3, -0.25) is 9.59 Å². The molecule has 0 radical (unpaired) electrons. The molecule has 2 amide bonds. The number of carbonyl (C=O) groups is 2. The molecule has 0 aliphatic rings. The third-order valence-corrected chi connectivity index (χ3v) is 5.55. The van der Waals surface area contributed by atoms with E-state index in [-0.39, 0.29) is 5.91 Å². The molecule has 0 aliphatic heterocycles. The number of primary amides is 1. The number of amides is 2. The fourth-order valence-electron chi connectivity index (χ4n) is 3.77. The Morgan fingerprint density at radius 3 is 2.41 bits per heavy atom. The Morgan fingerprint density at radius 2 is 1.76 bits per heavy atom. The van der Waals surface area contributed by atoms with Gasteiger partial charge in [-0.25, -0.2) is 0 Å². The summed E-state index contributed by atoms with van der Waals surface area (Å²) in [6.45, 7) is 6.31. The zero-order chi connectivity index (χ0) is 24.2. The fourth-order valence-corrected chi connectivity index (χ4v) is 3.77. The van der Waals surface area contributed by atoms with Crippen LogP contribution in [0.25, 0.3) is 27.7 Å². The van der Waals surface area contributed by atoms with Gasteiger partial charge in [0, 0.05) is 39.9 Å². The molecule has 0 aliphatic carbocycles. The molecular formula is C28H26N2O4. The lowest BCUT2D eigenvalue weighted by molar-refractivity contribution is -0.111. The summed E-state index contributed by atoms with van der Waals surface area (Å²) in [6.07, 6.45) is 3.27. The first-order valence-corrected chi connectivity index (χ1v) is 11.0. The van der Waals surface area contributed by atoms with Crippen LogP contribution in [0.2, 0.25) is 0 Å². The smallest absolute Gasteiger partial charge is 0.248 e. The van der Waals surface area contributed by atoms with Gasteiger partial charge in [-0.1, -0.05) is 29.8 Å². The lowest BCUT2D eigenvalue weighted by Gasteiger charge is -2.12. The van der Waals surface area contributed by atoms with Crippen LogP contribution < -0.4 is 15.8 Å². The number of carbonyl (C=O) groups excluding carboxylic acids is 2. The number of allylic oxidation sites excluding steroid dienone is 1. The molecule has 0 saturated heterocycles. The van der Waals surface area contributed by atoms with E-state index in [0.717, 1.165) is 33.2 Å². The molecule has 4 rings (SSSR count). The van der Waals surface area contributed by atoms with Crippen LogP contribution in [0, 0.1) is 6.92 Å². The Kier molecular flexibility index (Phi) is 6.50. The van der Waals surface area contributed by atoms with Crippen LogP contribution in [-0.2, 0) is 4.79 Å². The summed E-state index contributed by atoms with van der Waals surface area (Å²) in [5, 5.41) is 3.75. The van der Waals surface area contributed by atoms with Crippen LogP contribution in [0.5, 0.6) is 5.75 Å². The van der Waals surface area contributed by atoms with Gasteiger partial charge in [0.05, 0.1) is 12.9 Å². The molecule has 0 bridgehead atoms. The minimum Gasteiger partial charge on any atom is -0.493 e. The van der Waals surface area contributed by atoms with Gasteiger partial charge < -0.3 is 20.2 Å². The highest BCUT2D eigenvalue weighted by atomic mass is 16.5. The Hall–Kier alpha value is -4.32. The van der Waals surface area contributed by atoms with E-state index in [2.05, 4.69) is 36.5 Å². The quantitative estimate of drug-likeness (QED) is 0.338. The SMILES string of the molecule is CCOc1cc2occ(-c3ccc(C)cc3)c2cc1/C(C)=C/C(=O)Nc1ccc(C(N)=O)cc1. The van der Waals surface area contributed by atoms with E-state index in [4.69, 9.17) is 14.9 Å². The molecule has 0 fully saturated rings. The molecule has 6 heteroatoms. The van der Waals surface area contributed by atoms with Crippen LogP contribution in [0.3, 0.4) is 0 Å². The van der Waals surface area contributed by atoms with E-state index in [0.29, 0.717) is 23.6 Å². The van der Waals surface area contributed by atoms with Gasteiger partial charge in [0.25, 0.3) is 0 Å². The minimum absolute atomic E-state index is 0.294. The predicted molar refractivity (Wildman–Crippen MR) is 135 cm³/mol. The average molecular weight is 455 g/mol. The lowest BCUT2D eigenvalue weighted by atomic mass is 9.98. The molecule has 0 unspecified atom stereocenters. The van der Waals surface area contributed by atoms with Gasteiger partial charge in [-0.15, -0.1) is 0 Å². The molecule has 0 spiro atoms. The van der Waals surface area contributed by atoms with Crippen molar-refractivity contribution < 1.29 is 18.7 Å². The van der Waals surface area contributed by atoms with Crippen LogP contribution >= 0.6 is 0 Å². The largest absolute Gasteiger partial charge is 0.493 e. The van der Waals surface area contributed by atoms with Gasteiger partial charge in [-0.05, 0) is 62.2 Å². The second-order valence-corrected chi connectivity index (χ2v) is 8.05. The second-order valence-electron chi connectivity index (χ2n) is 8.05. The van der Waals surface area contributed by atoms with Crippen molar-refractivity contribution in [2.24, 2.45) is 5.73 Å². The van der Waals surface area contributed by atoms with Crippen LogP contribution in [0.15, 0.2) is 77.4 Å². The van der Waals surface area contributed by atoms with E-state index in [1.54, 1.807) is 30.5 Å². The monoisotopic (exact) mass is 454 g/mol. The van der Waals surface area contributed by atoms with Gasteiger partial charge in [0.1, 0.15) is 11.3 Å². The first kappa shape index (κ1) is 22.9. The zero-order valence-corrected chi connectivity index (χ0v) is 19.3. The highest BCUT2D eigenvalue weighted by Crippen LogP contribution is 2.37. The van der Waals surface area contributed by atoms with Crippen molar-refractivity contribution in [3.8, 4) is 16.9 Å². The topological polar surface area (TPSA) is 94.6 Å². The van der Waals surface area contributed by atoms with E-state index in [9.17, 15) is 9.59 Å². The average Bonchev–Trinajstić information content (AvgIpc) is 3.22. The Balaban J connectivity index is 1.67. The van der Waals surface area contributed by atoms with Crippen molar-refractivity contribution in [2.75, 3.05) is 11.9 Å². The highest BCUT2D eigenvalue weighted by molar-refractivity contribution is 6.05. The molecule has 0 atom stereocenters. The van der Waals surface area contributed by atoms with Crippen LogP contribution in [0.4, 0.5) is 5.69 Å². The number of hydrogen-bond acceptors (Lipinski definition) is 4. The van der Waals surface area contributed by atoms with Crippen molar-refractivity contribution in [3.63, 3.8) is 0 Å². The summed E-state index contributed by atoms with van der Waals surface area (Å²) < 4.78 is 11.7. The molecule has 3 N–H and O–H groups in total. The van der Waals surface area contributed by atoms with Crippen molar-refractivity contribution in [3.05, 3.63) is 89.7 Å². The summed E-state index contributed by atoms with van der Waals surface area (Å²) in [4.78, 5) is 23.9. The molecule has 1 aromatic heterocycles. The first-order chi connectivity index (χ1) is 16.4.